The molecule has 5 heteroatoms. The molecular formula is C23H26N2O3. The van der Waals surface area contributed by atoms with Crippen molar-refractivity contribution in [2.24, 2.45) is 0 Å². The van der Waals surface area contributed by atoms with E-state index in [1.165, 1.54) is 4.90 Å². The lowest BCUT2D eigenvalue weighted by Crippen LogP contribution is -2.46. The average molecular weight is 378 g/mol. The molecule has 0 fully saturated rings. The Bertz CT molecular complexity index is 975. The summed E-state index contributed by atoms with van der Waals surface area (Å²) in [6.45, 7) is 6.09. The van der Waals surface area contributed by atoms with E-state index in [1.807, 2.05) is 69.3 Å². The summed E-state index contributed by atoms with van der Waals surface area (Å²) in [6.07, 6.45) is -0.380. The van der Waals surface area contributed by atoms with Crippen LogP contribution in [0.2, 0.25) is 0 Å². The summed E-state index contributed by atoms with van der Waals surface area (Å²) in [5.41, 5.74) is 3.38. The number of carboxylic acid groups (broad SMARTS) is 1. The molecule has 1 N–H and O–H groups in total. The van der Waals surface area contributed by atoms with Crippen molar-refractivity contribution in [2.45, 2.75) is 32.7 Å². The number of rotatable bonds is 5. The molecule has 28 heavy (non-hydrogen) atoms. The number of fused-ring (bicyclic) bond motifs is 1. The zero-order valence-corrected chi connectivity index (χ0v) is 16.8. The number of methoxy groups -OCH3 is 1. The zero-order chi connectivity index (χ0) is 20.3. The number of para-hydroxylation sites is 1. The van der Waals surface area contributed by atoms with Gasteiger partial charge in [-0.25, -0.2) is 4.79 Å². The molecule has 3 rings (SSSR count). The number of aromatic nitrogens is 1. The Hall–Kier alpha value is -3.08. The van der Waals surface area contributed by atoms with Crippen molar-refractivity contribution in [3.05, 3.63) is 60.3 Å². The van der Waals surface area contributed by atoms with Crippen LogP contribution in [-0.4, -0.2) is 40.3 Å². The number of hydrogen-bond acceptors (Lipinski definition) is 3. The van der Waals surface area contributed by atoms with E-state index in [0.29, 0.717) is 13.0 Å². The van der Waals surface area contributed by atoms with Gasteiger partial charge in [-0.3, -0.25) is 4.98 Å². The Labute approximate surface area is 165 Å². The molecule has 0 aliphatic rings. The van der Waals surface area contributed by atoms with Gasteiger partial charge in [0.2, 0.25) is 0 Å². The first-order valence-electron chi connectivity index (χ1n) is 9.33. The van der Waals surface area contributed by atoms with Crippen molar-refractivity contribution in [2.75, 3.05) is 13.7 Å². The topological polar surface area (TPSA) is 62.7 Å². The molecule has 0 aliphatic heterocycles. The molecule has 2 aromatic carbocycles. The molecule has 5 nitrogen and oxygen atoms in total. The number of benzene rings is 2. The maximum Gasteiger partial charge on any atom is 0.407 e. The second-order valence-electron chi connectivity index (χ2n) is 7.76. The molecule has 0 spiro atoms. The summed E-state index contributed by atoms with van der Waals surface area (Å²) >= 11 is 0. The number of carbonyl (C=O) groups is 1. The number of nitrogens with zero attached hydrogens (tertiary/aromatic N) is 2. The highest BCUT2D eigenvalue weighted by atomic mass is 16.5. The van der Waals surface area contributed by atoms with E-state index in [4.69, 9.17) is 9.72 Å². The molecule has 146 valence electrons. The monoisotopic (exact) mass is 378 g/mol. The van der Waals surface area contributed by atoms with E-state index in [1.54, 1.807) is 7.11 Å². The highest BCUT2D eigenvalue weighted by molar-refractivity contribution is 5.85. The highest BCUT2D eigenvalue weighted by Crippen LogP contribution is 2.29. The van der Waals surface area contributed by atoms with E-state index in [-0.39, 0.29) is 0 Å². The van der Waals surface area contributed by atoms with Crippen LogP contribution in [0.4, 0.5) is 4.79 Å². The molecule has 1 heterocycles. The predicted octanol–water partition coefficient (Wildman–Crippen LogP) is 5.23. The maximum absolute atomic E-state index is 11.7. The molecular weight excluding hydrogens is 352 g/mol. The SMILES string of the molecule is COc1ccc(-c2cc3ccccc3nc2CCN(C(=O)O)C(C)(C)C)cc1. The largest absolute Gasteiger partial charge is 0.497 e. The summed E-state index contributed by atoms with van der Waals surface area (Å²) in [7, 11) is 1.64. The van der Waals surface area contributed by atoms with Gasteiger partial charge in [-0.15, -0.1) is 0 Å². The lowest BCUT2D eigenvalue weighted by Gasteiger charge is -2.33. The van der Waals surface area contributed by atoms with E-state index >= 15 is 0 Å². The van der Waals surface area contributed by atoms with Crippen molar-refractivity contribution in [1.82, 2.24) is 9.88 Å². The molecule has 1 amide bonds. The summed E-state index contributed by atoms with van der Waals surface area (Å²) in [5, 5.41) is 10.7. The van der Waals surface area contributed by atoms with Gasteiger partial charge in [-0.1, -0.05) is 30.3 Å². The van der Waals surface area contributed by atoms with E-state index in [2.05, 4.69) is 6.07 Å². The third-order valence-electron chi connectivity index (χ3n) is 4.82. The first-order chi connectivity index (χ1) is 13.3. The second-order valence-corrected chi connectivity index (χ2v) is 7.76. The van der Waals surface area contributed by atoms with Crippen molar-refractivity contribution in [3.63, 3.8) is 0 Å². The van der Waals surface area contributed by atoms with Gasteiger partial charge in [0, 0.05) is 29.5 Å². The molecule has 0 saturated carbocycles. The molecule has 0 unspecified atom stereocenters. The Morgan fingerprint density at radius 2 is 1.79 bits per heavy atom. The lowest BCUT2D eigenvalue weighted by atomic mass is 9.99. The fourth-order valence-electron chi connectivity index (χ4n) is 3.30. The number of ether oxygens (including phenoxy) is 1. The minimum Gasteiger partial charge on any atom is -0.497 e. The average Bonchev–Trinajstić information content (AvgIpc) is 2.66. The van der Waals surface area contributed by atoms with E-state index < -0.39 is 11.6 Å². The molecule has 0 aliphatic carbocycles. The van der Waals surface area contributed by atoms with Crippen LogP contribution in [0.5, 0.6) is 5.75 Å². The minimum atomic E-state index is -0.917. The predicted molar refractivity (Wildman–Crippen MR) is 112 cm³/mol. The fraction of sp³-hybridized carbons (Fsp3) is 0.304. The van der Waals surface area contributed by atoms with Gasteiger partial charge < -0.3 is 14.7 Å². The molecule has 3 aromatic rings. The van der Waals surface area contributed by atoms with Crippen LogP contribution in [0.3, 0.4) is 0 Å². The van der Waals surface area contributed by atoms with Gasteiger partial charge in [0.15, 0.2) is 0 Å². The van der Waals surface area contributed by atoms with Crippen molar-refractivity contribution < 1.29 is 14.6 Å². The van der Waals surface area contributed by atoms with Gasteiger partial charge in [-0.2, -0.15) is 0 Å². The lowest BCUT2D eigenvalue weighted by molar-refractivity contribution is 0.101. The molecule has 0 radical (unpaired) electrons. The third kappa shape index (κ3) is 4.25. The van der Waals surface area contributed by atoms with Gasteiger partial charge in [0.25, 0.3) is 0 Å². The van der Waals surface area contributed by atoms with Gasteiger partial charge in [0.1, 0.15) is 5.75 Å². The first kappa shape index (κ1) is 19.7. The van der Waals surface area contributed by atoms with Gasteiger partial charge in [0.05, 0.1) is 18.3 Å². The van der Waals surface area contributed by atoms with Crippen LogP contribution in [0.1, 0.15) is 26.5 Å². The Morgan fingerprint density at radius 3 is 2.39 bits per heavy atom. The highest BCUT2D eigenvalue weighted by Gasteiger charge is 2.26. The summed E-state index contributed by atoms with van der Waals surface area (Å²) in [6, 6.07) is 18.0. The summed E-state index contributed by atoms with van der Waals surface area (Å²) in [4.78, 5) is 18.0. The van der Waals surface area contributed by atoms with Crippen LogP contribution in [-0.2, 0) is 6.42 Å². The quantitative estimate of drug-likeness (QED) is 0.660. The van der Waals surface area contributed by atoms with Crippen molar-refractivity contribution in [3.8, 4) is 16.9 Å². The van der Waals surface area contributed by atoms with Crippen LogP contribution in [0.15, 0.2) is 54.6 Å². The smallest absolute Gasteiger partial charge is 0.407 e. The van der Waals surface area contributed by atoms with Gasteiger partial charge in [-0.05, 0) is 50.6 Å². The Kier molecular flexibility index (Phi) is 5.54. The fourth-order valence-corrected chi connectivity index (χ4v) is 3.30. The standard InChI is InChI=1S/C23H26N2O3/c1-23(2,3)25(22(26)27)14-13-21-19(16-9-11-18(28-4)12-10-16)15-17-7-5-6-8-20(17)24-21/h5-12,15H,13-14H2,1-4H3,(H,26,27). The maximum atomic E-state index is 11.7. The molecule has 0 atom stereocenters. The van der Waals surface area contributed by atoms with E-state index in [0.717, 1.165) is 33.5 Å². The normalized spacial score (nSPS) is 11.4. The number of pyridine rings is 1. The molecule has 0 bridgehead atoms. The van der Waals surface area contributed by atoms with Crippen LogP contribution in [0, 0.1) is 0 Å². The van der Waals surface area contributed by atoms with Gasteiger partial charge >= 0.3 is 6.09 Å². The summed E-state index contributed by atoms with van der Waals surface area (Å²) in [5.74, 6) is 0.795. The van der Waals surface area contributed by atoms with Crippen LogP contribution >= 0.6 is 0 Å². The number of amides is 1. The van der Waals surface area contributed by atoms with Crippen LogP contribution < -0.4 is 4.74 Å². The molecule has 1 aromatic heterocycles. The van der Waals surface area contributed by atoms with Crippen LogP contribution in [0.25, 0.3) is 22.0 Å². The van der Waals surface area contributed by atoms with Crippen molar-refractivity contribution >= 4 is 17.0 Å². The second kappa shape index (κ2) is 7.89. The van der Waals surface area contributed by atoms with E-state index in [9.17, 15) is 9.90 Å². The molecule has 0 saturated heterocycles. The zero-order valence-electron chi connectivity index (χ0n) is 16.8. The number of hydrogen-bond donors (Lipinski definition) is 1. The summed E-state index contributed by atoms with van der Waals surface area (Å²) < 4.78 is 5.26. The Morgan fingerprint density at radius 1 is 1.11 bits per heavy atom. The van der Waals surface area contributed by atoms with Crippen molar-refractivity contribution in [1.29, 1.82) is 0 Å². The Balaban J connectivity index is 2.02. The first-order valence-corrected chi connectivity index (χ1v) is 9.33. The minimum absolute atomic E-state index is 0.382. The third-order valence-corrected chi connectivity index (χ3v) is 4.82.